The van der Waals surface area contributed by atoms with Crippen LogP contribution in [0.2, 0.25) is 0 Å². The van der Waals surface area contributed by atoms with Gasteiger partial charge in [-0.05, 0) is 19.1 Å². The van der Waals surface area contributed by atoms with Gasteiger partial charge < -0.3 is 4.90 Å². The lowest BCUT2D eigenvalue weighted by Crippen LogP contribution is -2.31. The van der Waals surface area contributed by atoms with Gasteiger partial charge in [0.05, 0.1) is 18.3 Å². The van der Waals surface area contributed by atoms with Gasteiger partial charge in [0.25, 0.3) is 5.91 Å². The van der Waals surface area contributed by atoms with E-state index in [4.69, 9.17) is 6.42 Å². The lowest BCUT2D eigenvalue weighted by atomic mass is 10.1. The first-order valence-corrected chi connectivity index (χ1v) is 5.42. The molecule has 0 saturated carbocycles. The summed E-state index contributed by atoms with van der Waals surface area (Å²) >= 11 is 0. The summed E-state index contributed by atoms with van der Waals surface area (Å²) in [6.45, 7) is 2.84. The number of hydrogen-bond acceptors (Lipinski definition) is 2. The molecular weight excluding hydrogens is 214 g/mol. The molecule has 0 radical (unpaired) electrons. The van der Waals surface area contributed by atoms with E-state index in [1.165, 1.54) is 0 Å². The van der Waals surface area contributed by atoms with Gasteiger partial charge in [0.2, 0.25) is 0 Å². The van der Waals surface area contributed by atoms with Gasteiger partial charge >= 0.3 is 0 Å². The van der Waals surface area contributed by atoms with E-state index in [1.807, 2.05) is 13.0 Å². The van der Waals surface area contributed by atoms with E-state index in [0.717, 1.165) is 10.9 Å². The minimum atomic E-state index is -0.0537. The number of aromatic nitrogens is 2. The van der Waals surface area contributed by atoms with Crippen molar-refractivity contribution in [3.63, 3.8) is 0 Å². The van der Waals surface area contributed by atoms with Crippen molar-refractivity contribution in [3.05, 3.63) is 30.0 Å². The van der Waals surface area contributed by atoms with Crippen molar-refractivity contribution in [3.8, 4) is 12.3 Å². The summed E-state index contributed by atoms with van der Waals surface area (Å²) in [6, 6.07) is 5.46. The van der Waals surface area contributed by atoms with Crippen LogP contribution in [0.4, 0.5) is 0 Å². The molecule has 0 bridgehead atoms. The van der Waals surface area contributed by atoms with Gasteiger partial charge in [0, 0.05) is 17.5 Å². The highest BCUT2D eigenvalue weighted by Gasteiger charge is 2.13. The largest absolute Gasteiger partial charge is 0.328 e. The first-order chi connectivity index (χ1) is 8.26. The average molecular weight is 227 g/mol. The van der Waals surface area contributed by atoms with Gasteiger partial charge in [-0.15, -0.1) is 6.42 Å². The van der Waals surface area contributed by atoms with Gasteiger partial charge in [-0.25, -0.2) is 0 Å². The summed E-state index contributed by atoms with van der Waals surface area (Å²) in [5, 5.41) is 7.75. The number of rotatable bonds is 3. The Hall–Kier alpha value is -2.28. The first-order valence-electron chi connectivity index (χ1n) is 5.42. The quantitative estimate of drug-likeness (QED) is 0.811. The van der Waals surface area contributed by atoms with Crippen LogP contribution in [-0.4, -0.2) is 34.1 Å². The van der Waals surface area contributed by atoms with Crippen LogP contribution in [0, 0.1) is 12.3 Å². The number of hydrogen-bond donors (Lipinski definition) is 1. The van der Waals surface area contributed by atoms with Gasteiger partial charge in [-0.3, -0.25) is 9.89 Å². The number of benzene rings is 1. The van der Waals surface area contributed by atoms with Crippen LogP contribution in [0.1, 0.15) is 17.3 Å². The highest BCUT2D eigenvalue weighted by Crippen LogP contribution is 2.14. The summed E-state index contributed by atoms with van der Waals surface area (Å²) < 4.78 is 0. The zero-order valence-corrected chi connectivity index (χ0v) is 9.60. The standard InChI is InChI=1S/C13H13N3O/c1-3-7-16(4-2)13(17)10-5-6-11-9-14-15-12(11)8-10/h1,5-6,8-9H,4,7H2,2H3,(H,14,15). The first kappa shape index (κ1) is 11.2. The molecule has 0 atom stereocenters. The molecule has 0 unspecified atom stereocenters. The Morgan fingerprint density at radius 2 is 2.41 bits per heavy atom. The van der Waals surface area contributed by atoms with Crippen molar-refractivity contribution in [2.75, 3.05) is 13.1 Å². The van der Waals surface area contributed by atoms with Crippen LogP contribution in [0.3, 0.4) is 0 Å². The number of amides is 1. The molecule has 86 valence electrons. The molecule has 0 aliphatic heterocycles. The summed E-state index contributed by atoms with van der Waals surface area (Å²) in [5.74, 6) is 2.43. The molecule has 2 rings (SSSR count). The Morgan fingerprint density at radius 3 is 3.12 bits per heavy atom. The fraction of sp³-hybridized carbons (Fsp3) is 0.231. The Kier molecular flexibility index (Phi) is 3.10. The molecular formula is C13H13N3O. The number of terminal acetylenes is 1. The molecule has 0 fully saturated rings. The van der Waals surface area contributed by atoms with Crippen LogP contribution in [0.5, 0.6) is 0 Å². The minimum absolute atomic E-state index is 0.0537. The molecule has 1 heterocycles. The lowest BCUT2D eigenvalue weighted by molar-refractivity contribution is 0.0785. The van der Waals surface area contributed by atoms with Gasteiger partial charge in [0.1, 0.15) is 0 Å². The van der Waals surface area contributed by atoms with E-state index in [2.05, 4.69) is 16.1 Å². The van der Waals surface area contributed by atoms with Crippen LogP contribution in [-0.2, 0) is 0 Å². The van der Waals surface area contributed by atoms with E-state index in [-0.39, 0.29) is 5.91 Å². The third kappa shape index (κ3) is 2.13. The molecule has 1 amide bonds. The molecule has 4 heteroatoms. The van der Waals surface area contributed by atoms with Crippen molar-refractivity contribution in [1.82, 2.24) is 15.1 Å². The molecule has 1 aromatic carbocycles. The molecule has 0 aliphatic carbocycles. The SMILES string of the molecule is C#CCN(CC)C(=O)c1ccc2cn[nH]c2c1. The molecule has 17 heavy (non-hydrogen) atoms. The zero-order valence-electron chi connectivity index (χ0n) is 9.60. The predicted octanol–water partition coefficient (Wildman–Crippen LogP) is 1.66. The van der Waals surface area contributed by atoms with E-state index in [0.29, 0.717) is 18.7 Å². The third-order valence-corrected chi connectivity index (χ3v) is 2.64. The second-order valence-electron chi connectivity index (χ2n) is 3.70. The maximum atomic E-state index is 12.1. The van der Waals surface area contributed by atoms with Crippen LogP contribution < -0.4 is 0 Å². The average Bonchev–Trinajstić information content (AvgIpc) is 2.82. The maximum Gasteiger partial charge on any atom is 0.254 e. The molecule has 0 aliphatic rings. The molecule has 4 nitrogen and oxygen atoms in total. The number of carbonyl (C=O) groups excluding carboxylic acids is 1. The molecule has 1 aromatic heterocycles. The number of aromatic amines is 1. The third-order valence-electron chi connectivity index (χ3n) is 2.64. The molecule has 0 spiro atoms. The Morgan fingerprint density at radius 1 is 1.59 bits per heavy atom. The van der Waals surface area contributed by atoms with Gasteiger partial charge in [0.15, 0.2) is 0 Å². The van der Waals surface area contributed by atoms with Crippen molar-refractivity contribution >= 4 is 16.8 Å². The summed E-state index contributed by atoms with van der Waals surface area (Å²) in [7, 11) is 0. The number of fused-ring (bicyclic) bond motifs is 1. The number of H-pyrrole nitrogens is 1. The summed E-state index contributed by atoms with van der Waals surface area (Å²) in [4.78, 5) is 13.8. The normalized spacial score (nSPS) is 10.1. The Labute approximate surface area is 99.6 Å². The number of nitrogens with one attached hydrogen (secondary N) is 1. The predicted molar refractivity (Wildman–Crippen MR) is 66.5 cm³/mol. The van der Waals surface area contributed by atoms with Crippen LogP contribution in [0.15, 0.2) is 24.4 Å². The van der Waals surface area contributed by atoms with Crippen LogP contribution >= 0.6 is 0 Å². The number of carbonyl (C=O) groups is 1. The van der Waals surface area contributed by atoms with Crippen molar-refractivity contribution in [1.29, 1.82) is 0 Å². The zero-order chi connectivity index (χ0) is 12.3. The summed E-state index contributed by atoms with van der Waals surface area (Å²) in [5.41, 5.74) is 1.48. The van der Waals surface area contributed by atoms with Crippen molar-refractivity contribution in [2.24, 2.45) is 0 Å². The highest BCUT2D eigenvalue weighted by atomic mass is 16.2. The second-order valence-corrected chi connectivity index (χ2v) is 3.70. The van der Waals surface area contributed by atoms with E-state index in [9.17, 15) is 4.79 Å². The second kappa shape index (κ2) is 4.71. The van der Waals surface area contributed by atoms with E-state index < -0.39 is 0 Å². The molecule has 2 aromatic rings. The number of nitrogens with zero attached hydrogens (tertiary/aromatic N) is 2. The maximum absolute atomic E-state index is 12.1. The smallest absolute Gasteiger partial charge is 0.254 e. The van der Waals surface area contributed by atoms with E-state index in [1.54, 1.807) is 23.2 Å². The van der Waals surface area contributed by atoms with Crippen molar-refractivity contribution in [2.45, 2.75) is 6.92 Å². The Bertz CT molecular complexity index is 580. The van der Waals surface area contributed by atoms with Gasteiger partial charge in [-0.1, -0.05) is 12.0 Å². The summed E-state index contributed by atoms with van der Waals surface area (Å²) in [6.07, 6.45) is 6.96. The van der Waals surface area contributed by atoms with Gasteiger partial charge in [-0.2, -0.15) is 5.10 Å². The van der Waals surface area contributed by atoms with Crippen LogP contribution in [0.25, 0.3) is 10.9 Å². The van der Waals surface area contributed by atoms with E-state index >= 15 is 0 Å². The molecule has 1 N–H and O–H groups in total. The topological polar surface area (TPSA) is 49.0 Å². The highest BCUT2D eigenvalue weighted by molar-refractivity contribution is 5.97. The fourth-order valence-electron chi connectivity index (χ4n) is 1.69. The monoisotopic (exact) mass is 227 g/mol. The minimum Gasteiger partial charge on any atom is -0.328 e. The van der Waals surface area contributed by atoms with Crippen molar-refractivity contribution < 1.29 is 4.79 Å². The lowest BCUT2D eigenvalue weighted by Gasteiger charge is -2.17. The Balaban J connectivity index is 2.32. The molecule has 0 saturated heterocycles. The fourth-order valence-corrected chi connectivity index (χ4v) is 1.69.